The first kappa shape index (κ1) is 21.5. The van der Waals surface area contributed by atoms with Crippen molar-refractivity contribution in [2.45, 2.75) is 39.5 Å². The number of hydrogen-bond donors (Lipinski definition) is 2. The fourth-order valence-corrected chi connectivity index (χ4v) is 4.94. The minimum absolute atomic E-state index is 0.0484. The van der Waals surface area contributed by atoms with E-state index in [0.717, 1.165) is 22.2 Å². The van der Waals surface area contributed by atoms with Gasteiger partial charge in [-0.25, -0.2) is 4.39 Å². The van der Waals surface area contributed by atoms with Gasteiger partial charge in [0.05, 0.1) is 0 Å². The molecule has 1 unspecified atom stereocenters. The number of amides is 1. The topological polar surface area (TPSA) is 58.2 Å². The molecule has 0 bridgehead atoms. The van der Waals surface area contributed by atoms with Gasteiger partial charge in [-0.3, -0.25) is 9.59 Å². The number of hydrogen-bond acceptors (Lipinski definition) is 3. The molecule has 2 N–H and O–H groups in total. The molecule has 0 fully saturated rings. The summed E-state index contributed by atoms with van der Waals surface area (Å²) >= 11 is 3.51. The Morgan fingerprint density at radius 2 is 1.90 bits per heavy atom. The van der Waals surface area contributed by atoms with Crippen molar-refractivity contribution in [3.63, 3.8) is 0 Å². The fraction of sp³-hybridized carbons (Fsp3) is 0.280. The van der Waals surface area contributed by atoms with Crippen LogP contribution in [-0.2, 0) is 9.59 Å². The first-order chi connectivity index (χ1) is 14.6. The number of rotatable bonds is 3. The molecule has 6 heteroatoms. The second-order valence-corrected chi connectivity index (χ2v) is 9.87. The van der Waals surface area contributed by atoms with E-state index in [9.17, 15) is 14.0 Å². The Hall–Kier alpha value is -2.73. The monoisotopic (exact) mass is 482 g/mol. The molecular weight excluding hydrogens is 459 g/mol. The molecule has 4 nitrogen and oxygen atoms in total. The third-order valence-electron chi connectivity index (χ3n) is 5.75. The molecule has 0 radical (unpaired) electrons. The van der Waals surface area contributed by atoms with Crippen molar-refractivity contribution >= 4 is 33.3 Å². The highest BCUT2D eigenvalue weighted by Gasteiger charge is 2.42. The summed E-state index contributed by atoms with van der Waals surface area (Å²) < 4.78 is 14.5. The molecule has 0 saturated heterocycles. The highest BCUT2D eigenvalue weighted by Crippen LogP contribution is 2.47. The van der Waals surface area contributed by atoms with Crippen LogP contribution in [0.25, 0.3) is 0 Å². The van der Waals surface area contributed by atoms with E-state index in [2.05, 4.69) is 40.4 Å². The summed E-state index contributed by atoms with van der Waals surface area (Å²) in [4.78, 5) is 26.7. The Morgan fingerprint density at radius 1 is 1.16 bits per heavy atom. The molecule has 1 amide bonds. The van der Waals surface area contributed by atoms with Crippen molar-refractivity contribution in [3.8, 4) is 0 Å². The minimum Gasteiger partial charge on any atom is -0.362 e. The highest BCUT2D eigenvalue weighted by molar-refractivity contribution is 9.10. The van der Waals surface area contributed by atoms with E-state index in [4.69, 9.17) is 0 Å². The molecule has 4 rings (SSSR count). The smallest absolute Gasteiger partial charge is 0.254 e. The molecule has 2 aromatic rings. The van der Waals surface area contributed by atoms with Crippen LogP contribution < -0.4 is 10.6 Å². The average molecular weight is 483 g/mol. The summed E-state index contributed by atoms with van der Waals surface area (Å²) in [5.41, 5.74) is 3.77. The minimum atomic E-state index is -0.495. The zero-order valence-corrected chi connectivity index (χ0v) is 19.3. The highest BCUT2D eigenvalue weighted by atomic mass is 79.9. The Kier molecular flexibility index (Phi) is 5.60. The number of Topliss-reactive ketones (excluding diaryl/α,β-unsaturated/α-hetero) is 1. The van der Waals surface area contributed by atoms with Gasteiger partial charge in [0, 0.05) is 45.0 Å². The largest absolute Gasteiger partial charge is 0.362 e. The van der Waals surface area contributed by atoms with E-state index >= 15 is 0 Å². The number of allylic oxidation sites excluding steroid dienone is 3. The normalized spacial score (nSPS) is 20.3. The number of carbonyl (C=O) groups is 2. The van der Waals surface area contributed by atoms with Gasteiger partial charge < -0.3 is 10.6 Å². The van der Waals surface area contributed by atoms with Crippen LogP contribution in [-0.4, -0.2) is 11.7 Å². The van der Waals surface area contributed by atoms with Crippen LogP contribution >= 0.6 is 15.9 Å². The van der Waals surface area contributed by atoms with E-state index in [1.54, 1.807) is 12.1 Å². The Bertz CT molecular complexity index is 1150. The van der Waals surface area contributed by atoms with Crippen molar-refractivity contribution in [3.05, 3.63) is 86.9 Å². The summed E-state index contributed by atoms with van der Waals surface area (Å²) in [7, 11) is 0. The average Bonchev–Trinajstić information content (AvgIpc) is 2.65. The zero-order valence-electron chi connectivity index (χ0n) is 17.7. The van der Waals surface area contributed by atoms with Gasteiger partial charge in [-0.05, 0) is 54.7 Å². The third kappa shape index (κ3) is 4.35. The standard InChI is InChI=1S/C25H24BrFN2O2/c1-14-21(24(31)29-18-9-5-8-17(27)11-18)22(15-6-4-7-16(26)10-15)23-19(28-14)12-25(2,3)13-20(23)30/h4-11,22,28H,12-13H2,1-3H3,(H,29,31). The predicted octanol–water partition coefficient (Wildman–Crippen LogP) is 5.83. The van der Waals surface area contributed by atoms with Crippen molar-refractivity contribution in [2.75, 3.05) is 5.32 Å². The molecule has 1 heterocycles. The van der Waals surface area contributed by atoms with Crippen LogP contribution in [0.3, 0.4) is 0 Å². The van der Waals surface area contributed by atoms with Crippen LogP contribution in [0, 0.1) is 11.2 Å². The number of carbonyl (C=O) groups excluding carboxylic acids is 2. The summed E-state index contributed by atoms with van der Waals surface area (Å²) in [6, 6.07) is 13.5. The molecule has 1 atom stereocenters. The van der Waals surface area contributed by atoms with Gasteiger partial charge in [0.2, 0.25) is 0 Å². The van der Waals surface area contributed by atoms with E-state index in [1.165, 1.54) is 12.1 Å². The molecule has 31 heavy (non-hydrogen) atoms. The molecule has 0 saturated carbocycles. The summed E-state index contributed by atoms with van der Waals surface area (Å²) in [6.45, 7) is 6.01. The predicted molar refractivity (Wildman–Crippen MR) is 123 cm³/mol. The number of anilines is 1. The molecule has 0 spiro atoms. The molecule has 1 aliphatic heterocycles. The van der Waals surface area contributed by atoms with Crippen molar-refractivity contribution in [2.24, 2.45) is 5.41 Å². The lowest BCUT2D eigenvalue weighted by Crippen LogP contribution is -2.39. The van der Waals surface area contributed by atoms with Gasteiger partial charge in [0.1, 0.15) is 5.82 Å². The van der Waals surface area contributed by atoms with Crippen LogP contribution in [0.15, 0.2) is 75.5 Å². The molecule has 160 valence electrons. The van der Waals surface area contributed by atoms with E-state index < -0.39 is 11.7 Å². The Labute approximate surface area is 189 Å². The number of benzene rings is 2. The maximum absolute atomic E-state index is 13.6. The van der Waals surface area contributed by atoms with Crippen molar-refractivity contribution in [1.29, 1.82) is 0 Å². The number of ketones is 1. The number of halogens is 2. The summed E-state index contributed by atoms with van der Waals surface area (Å²) in [6.07, 6.45) is 1.16. The van der Waals surface area contributed by atoms with Gasteiger partial charge in [-0.2, -0.15) is 0 Å². The Morgan fingerprint density at radius 3 is 2.61 bits per heavy atom. The Balaban J connectivity index is 1.81. The number of nitrogens with one attached hydrogen (secondary N) is 2. The number of dihydropyridines is 1. The van der Waals surface area contributed by atoms with Crippen molar-refractivity contribution < 1.29 is 14.0 Å². The molecule has 2 aromatic carbocycles. The van der Waals surface area contributed by atoms with E-state index in [-0.39, 0.29) is 17.1 Å². The van der Waals surface area contributed by atoms with E-state index in [1.807, 2.05) is 31.2 Å². The maximum atomic E-state index is 13.6. The molecule has 2 aliphatic rings. The lowest BCUT2D eigenvalue weighted by atomic mass is 9.68. The lowest BCUT2D eigenvalue weighted by Gasteiger charge is -2.39. The van der Waals surface area contributed by atoms with Crippen LogP contribution in [0.1, 0.15) is 45.1 Å². The molecule has 1 aliphatic carbocycles. The summed E-state index contributed by atoms with van der Waals surface area (Å²) in [5, 5.41) is 6.14. The maximum Gasteiger partial charge on any atom is 0.254 e. The zero-order chi connectivity index (χ0) is 22.3. The van der Waals surface area contributed by atoms with Crippen LogP contribution in [0.4, 0.5) is 10.1 Å². The van der Waals surface area contributed by atoms with Crippen LogP contribution in [0.2, 0.25) is 0 Å². The van der Waals surface area contributed by atoms with Crippen molar-refractivity contribution in [1.82, 2.24) is 5.32 Å². The van der Waals surface area contributed by atoms with E-state index in [0.29, 0.717) is 29.0 Å². The first-order valence-electron chi connectivity index (χ1n) is 10.2. The third-order valence-corrected chi connectivity index (χ3v) is 6.24. The second kappa shape index (κ2) is 8.08. The SMILES string of the molecule is CC1=C(C(=O)Nc2cccc(F)c2)C(c2cccc(Br)c2)C2=C(CC(C)(C)CC2=O)N1. The molecule has 0 aromatic heterocycles. The van der Waals surface area contributed by atoms with Crippen LogP contribution in [0.5, 0.6) is 0 Å². The summed E-state index contributed by atoms with van der Waals surface area (Å²) in [5.74, 6) is -1.23. The molecular formula is C25H24BrFN2O2. The lowest BCUT2D eigenvalue weighted by molar-refractivity contribution is -0.118. The van der Waals surface area contributed by atoms with Gasteiger partial charge >= 0.3 is 0 Å². The van der Waals surface area contributed by atoms with Gasteiger partial charge in [-0.15, -0.1) is 0 Å². The van der Waals surface area contributed by atoms with Gasteiger partial charge in [-0.1, -0.05) is 48.0 Å². The second-order valence-electron chi connectivity index (χ2n) is 8.95. The fourth-order valence-electron chi connectivity index (χ4n) is 4.52. The van der Waals surface area contributed by atoms with Gasteiger partial charge in [0.25, 0.3) is 5.91 Å². The first-order valence-corrected chi connectivity index (χ1v) is 11.0. The quantitative estimate of drug-likeness (QED) is 0.578. The van der Waals surface area contributed by atoms with Gasteiger partial charge in [0.15, 0.2) is 5.78 Å².